The number of carboxylic acid groups (broad SMARTS) is 1. The van der Waals surface area contributed by atoms with Crippen LogP contribution in [0.2, 0.25) is 0 Å². The van der Waals surface area contributed by atoms with Gasteiger partial charge in [-0.25, -0.2) is 0 Å². The van der Waals surface area contributed by atoms with Crippen LogP contribution in [0, 0.1) is 23.7 Å². The molecule has 0 bridgehead atoms. The van der Waals surface area contributed by atoms with Gasteiger partial charge >= 0.3 is 5.97 Å². The molecule has 0 amide bonds. The van der Waals surface area contributed by atoms with E-state index in [-0.39, 0.29) is 0 Å². The molecule has 0 radical (unpaired) electrons. The van der Waals surface area contributed by atoms with E-state index in [9.17, 15) is 4.79 Å². The Balaban J connectivity index is 3.23. The van der Waals surface area contributed by atoms with E-state index in [0.29, 0.717) is 6.42 Å². The molecule has 0 rings (SSSR count). The van der Waals surface area contributed by atoms with Gasteiger partial charge in [-0.15, -0.1) is 0 Å². The van der Waals surface area contributed by atoms with Crippen molar-refractivity contribution in [2.75, 3.05) is 0 Å². The summed E-state index contributed by atoms with van der Waals surface area (Å²) in [5.41, 5.74) is 0. The molecule has 0 aliphatic heterocycles. The highest BCUT2D eigenvalue weighted by Crippen LogP contribution is 2.12. The largest absolute Gasteiger partial charge is 0.481 e. The molecule has 0 unspecified atom stereocenters. The lowest BCUT2D eigenvalue weighted by molar-refractivity contribution is -0.137. The maximum atomic E-state index is 10.4. The molecule has 0 aromatic heterocycles. The highest BCUT2D eigenvalue weighted by Gasteiger charge is 1.96. The van der Waals surface area contributed by atoms with Crippen molar-refractivity contribution in [3.8, 4) is 23.7 Å². The third-order valence-corrected chi connectivity index (χ3v) is 5.09. The molecule has 0 fully saturated rings. The van der Waals surface area contributed by atoms with Gasteiger partial charge in [-0.05, 0) is 31.1 Å². The fourth-order valence-corrected chi connectivity index (χ4v) is 3.29. The molecule has 0 spiro atoms. The summed E-state index contributed by atoms with van der Waals surface area (Å²) >= 11 is 0. The zero-order chi connectivity index (χ0) is 20.5. The van der Waals surface area contributed by atoms with Crippen LogP contribution in [0.4, 0.5) is 0 Å². The number of carbonyl (C=O) groups is 1. The molecule has 2 heteroatoms. The van der Waals surface area contributed by atoms with Gasteiger partial charge < -0.3 is 5.11 Å². The van der Waals surface area contributed by atoms with Gasteiger partial charge in [0.15, 0.2) is 0 Å². The number of carboxylic acids is 1. The van der Waals surface area contributed by atoms with Crippen LogP contribution in [-0.2, 0) is 4.79 Å². The second-order valence-corrected chi connectivity index (χ2v) is 7.90. The lowest BCUT2D eigenvalue weighted by atomic mass is 10.0. The minimum Gasteiger partial charge on any atom is -0.481 e. The fourth-order valence-electron chi connectivity index (χ4n) is 3.29. The van der Waals surface area contributed by atoms with Crippen LogP contribution in [0.3, 0.4) is 0 Å². The fraction of sp³-hybridized carbons (Fsp3) is 0.808. The second kappa shape index (κ2) is 23.6. The Morgan fingerprint density at radius 1 is 0.571 bits per heavy atom. The Morgan fingerprint density at radius 3 is 1.32 bits per heavy atom. The SMILES string of the molecule is CCCCCCCCCCCCCCC#CC#CCCCCCCCC(=O)O. The molecule has 0 saturated carbocycles. The standard InChI is InChI=1S/C26H44O2/c1-2-3-4-5-6-7-8-9-10-11-12-13-14-15-16-17-18-19-20-21-22-23-24-25-26(27)28/h2-14,19-25H2,1H3,(H,27,28). The first kappa shape index (κ1) is 26.6. The van der Waals surface area contributed by atoms with E-state index < -0.39 is 5.97 Å². The van der Waals surface area contributed by atoms with Crippen molar-refractivity contribution < 1.29 is 9.90 Å². The Bertz CT molecular complexity index is 458. The molecule has 0 aliphatic rings. The normalized spacial score (nSPS) is 10.0. The molecule has 1 N–H and O–H groups in total. The predicted molar refractivity (Wildman–Crippen MR) is 121 cm³/mol. The number of aliphatic carboxylic acids is 1. The summed E-state index contributed by atoms with van der Waals surface area (Å²) < 4.78 is 0. The Morgan fingerprint density at radius 2 is 0.929 bits per heavy atom. The summed E-state index contributed by atoms with van der Waals surface area (Å²) in [4.78, 5) is 10.4. The van der Waals surface area contributed by atoms with Crippen LogP contribution in [0.25, 0.3) is 0 Å². The van der Waals surface area contributed by atoms with E-state index in [1.54, 1.807) is 0 Å². The van der Waals surface area contributed by atoms with E-state index in [4.69, 9.17) is 5.11 Å². The van der Waals surface area contributed by atoms with Gasteiger partial charge in [0.1, 0.15) is 0 Å². The molecule has 28 heavy (non-hydrogen) atoms. The first-order chi connectivity index (χ1) is 13.8. The summed E-state index contributed by atoms with van der Waals surface area (Å²) in [6, 6.07) is 0. The van der Waals surface area contributed by atoms with Crippen molar-refractivity contribution in [1.29, 1.82) is 0 Å². The summed E-state index contributed by atoms with van der Waals surface area (Å²) in [7, 11) is 0. The molecular formula is C26H44O2. The highest BCUT2D eigenvalue weighted by molar-refractivity contribution is 5.66. The second-order valence-electron chi connectivity index (χ2n) is 7.90. The van der Waals surface area contributed by atoms with Crippen molar-refractivity contribution in [2.45, 2.75) is 135 Å². The minimum absolute atomic E-state index is 0.300. The molecule has 0 atom stereocenters. The lowest BCUT2D eigenvalue weighted by Crippen LogP contribution is -1.93. The average molecular weight is 389 g/mol. The molecule has 0 aromatic rings. The van der Waals surface area contributed by atoms with Crippen LogP contribution in [0.5, 0.6) is 0 Å². The smallest absolute Gasteiger partial charge is 0.303 e. The average Bonchev–Trinajstić information content (AvgIpc) is 2.68. The predicted octanol–water partition coefficient (Wildman–Crippen LogP) is 7.90. The van der Waals surface area contributed by atoms with Crippen LogP contribution < -0.4 is 0 Å². The van der Waals surface area contributed by atoms with E-state index in [0.717, 1.165) is 44.9 Å². The first-order valence-corrected chi connectivity index (χ1v) is 11.9. The van der Waals surface area contributed by atoms with E-state index in [2.05, 4.69) is 30.6 Å². The molecular weight excluding hydrogens is 344 g/mol. The summed E-state index contributed by atoms with van der Waals surface area (Å²) in [5, 5.41) is 8.55. The van der Waals surface area contributed by atoms with E-state index in [1.807, 2.05) is 0 Å². The Hall–Kier alpha value is -1.41. The Kier molecular flexibility index (Phi) is 22.4. The van der Waals surface area contributed by atoms with Gasteiger partial charge in [-0.3, -0.25) is 4.79 Å². The van der Waals surface area contributed by atoms with Gasteiger partial charge in [-0.1, -0.05) is 109 Å². The van der Waals surface area contributed by atoms with Crippen molar-refractivity contribution in [1.82, 2.24) is 0 Å². The maximum Gasteiger partial charge on any atom is 0.303 e. The summed E-state index contributed by atoms with van der Waals surface area (Å²) in [5.74, 6) is 11.5. The quantitative estimate of drug-likeness (QED) is 0.180. The number of unbranched alkanes of at least 4 members (excludes halogenated alkanes) is 17. The zero-order valence-electron chi connectivity index (χ0n) is 18.5. The molecule has 0 saturated heterocycles. The monoisotopic (exact) mass is 388 g/mol. The van der Waals surface area contributed by atoms with Gasteiger partial charge in [0, 0.05) is 19.3 Å². The van der Waals surface area contributed by atoms with Gasteiger partial charge in [0.25, 0.3) is 0 Å². The maximum absolute atomic E-state index is 10.4. The molecule has 0 heterocycles. The van der Waals surface area contributed by atoms with Crippen LogP contribution >= 0.6 is 0 Å². The molecule has 160 valence electrons. The third kappa shape index (κ3) is 24.6. The van der Waals surface area contributed by atoms with Crippen molar-refractivity contribution in [3.63, 3.8) is 0 Å². The van der Waals surface area contributed by atoms with E-state index >= 15 is 0 Å². The summed E-state index contributed by atoms with van der Waals surface area (Å²) in [6.07, 6.45) is 23.9. The molecule has 0 aliphatic carbocycles. The summed E-state index contributed by atoms with van der Waals surface area (Å²) in [6.45, 7) is 2.28. The first-order valence-electron chi connectivity index (χ1n) is 11.9. The number of rotatable bonds is 19. The Labute approximate surface area is 175 Å². The van der Waals surface area contributed by atoms with Crippen LogP contribution in [0.15, 0.2) is 0 Å². The highest BCUT2D eigenvalue weighted by atomic mass is 16.4. The third-order valence-electron chi connectivity index (χ3n) is 5.09. The van der Waals surface area contributed by atoms with Crippen LogP contribution in [-0.4, -0.2) is 11.1 Å². The van der Waals surface area contributed by atoms with Gasteiger partial charge in [0.2, 0.25) is 0 Å². The van der Waals surface area contributed by atoms with Crippen LogP contribution in [0.1, 0.15) is 135 Å². The van der Waals surface area contributed by atoms with Gasteiger partial charge in [0.05, 0.1) is 0 Å². The van der Waals surface area contributed by atoms with Crippen molar-refractivity contribution in [2.24, 2.45) is 0 Å². The number of hydrogen-bond acceptors (Lipinski definition) is 1. The molecule has 2 nitrogen and oxygen atoms in total. The van der Waals surface area contributed by atoms with Gasteiger partial charge in [-0.2, -0.15) is 0 Å². The topological polar surface area (TPSA) is 37.3 Å². The zero-order valence-corrected chi connectivity index (χ0v) is 18.5. The lowest BCUT2D eigenvalue weighted by Gasteiger charge is -2.01. The van der Waals surface area contributed by atoms with Crippen molar-refractivity contribution in [3.05, 3.63) is 0 Å². The number of hydrogen-bond donors (Lipinski definition) is 1. The molecule has 0 aromatic carbocycles. The van der Waals surface area contributed by atoms with E-state index in [1.165, 1.54) is 77.0 Å². The van der Waals surface area contributed by atoms with Crippen molar-refractivity contribution >= 4 is 5.97 Å². The minimum atomic E-state index is -0.687.